The monoisotopic (exact) mass is 1030 g/mol. The fourth-order valence-electron chi connectivity index (χ4n) is 7.50. The molecule has 1 aromatic heterocycles. The fourth-order valence-corrected chi connectivity index (χ4v) is 10.00. The summed E-state index contributed by atoms with van der Waals surface area (Å²) in [4.78, 5) is 117. The van der Waals surface area contributed by atoms with Crippen molar-refractivity contribution in [3.8, 4) is 0 Å². The molecule has 4 rings (SSSR count). The third kappa shape index (κ3) is 15.9. The molecule has 2 aromatic carbocycles. The lowest BCUT2D eigenvalue weighted by Crippen LogP contribution is -2.61. The van der Waals surface area contributed by atoms with Crippen molar-refractivity contribution in [2.24, 2.45) is 23.5 Å². The van der Waals surface area contributed by atoms with Gasteiger partial charge in [0, 0.05) is 35.4 Å². The van der Waals surface area contributed by atoms with Crippen LogP contribution in [0.15, 0.2) is 76.9 Å². The minimum Gasteiger partial charge on any atom is -0.342 e. The number of carbonyl (C=O) groups is 8. The number of rotatable bonds is 21. The van der Waals surface area contributed by atoms with E-state index in [-0.39, 0.29) is 47.3 Å². The molecular formula is C46H60ClN9O12S2. The van der Waals surface area contributed by atoms with Crippen LogP contribution in [0.4, 0.5) is 0 Å². The number of sulfonamides is 2. The molecule has 0 unspecified atom stereocenters. The lowest BCUT2D eigenvalue weighted by molar-refractivity contribution is -0.160. The summed E-state index contributed by atoms with van der Waals surface area (Å²) in [6.07, 6.45) is 7.36. The molecule has 5 atom stereocenters. The Morgan fingerprint density at radius 2 is 1.40 bits per heavy atom. The molecule has 8 amide bonds. The third-order valence-corrected chi connectivity index (χ3v) is 14.4. The Morgan fingerprint density at radius 3 is 1.97 bits per heavy atom. The van der Waals surface area contributed by atoms with Gasteiger partial charge in [-0.3, -0.25) is 43.3 Å². The quantitative estimate of drug-likeness (QED) is 0.0836. The third-order valence-electron chi connectivity index (χ3n) is 11.6. The zero-order valence-electron chi connectivity index (χ0n) is 39.5. The number of nitrogens with two attached hydrogens (primary N) is 1. The molecule has 7 N–H and O–H groups in total. The van der Waals surface area contributed by atoms with Crippen LogP contribution in [0.25, 0.3) is 0 Å². The summed E-state index contributed by atoms with van der Waals surface area (Å²) in [6, 6.07) is 4.19. The van der Waals surface area contributed by atoms with E-state index in [0.717, 1.165) is 31.4 Å². The molecule has 1 aliphatic carbocycles. The van der Waals surface area contributed by atoms with Crippen molar-refractivity contribution < 1.29 is 55.2 Å². The smallest absolute Gasteiger partial charge is 0.326 e. The first kappa shape index (κ1) is 56.4. The Bertz CT molecular complexity index is 2620. The van der Waals surface area contributed by atoms with Gasteiger partial charge in [-0.05, 0) is 67.3 Å². The number of imide groups is 3. The molecule has 21 nitrogen and oxygen atoms in total. The first-order chi connectivity index (χ1) is 33.0. The Morgan fingerprint density at radius 1 is 0.771 bits per heavy atom. The van der Waals surface area contributed by atoms with E-state index < -0.39 is 119 Å². The van der Waals surface area contributed by atoms with Crippen LogP contribution in [0.3, 0.4) is 0 Å². The average molecular weight is 1030 g/mol. The van der Waals surface area contributed by atoms with Crippen LogP contribution >= 0.6 is 11.6 Å². The summed E-state index contributed by atoms with van der Waals surface area (Å²) >= 11 is 6.11. The van der Waals surface area contributed by atoms with Gasteiger partial charge in [0.15, 0.2) is 0 Å². The van der Waals surface area contributed by atoms with E-state index in [9.17, 15) is 55.2 Å². The summed E-state index contributed by atoms with van der Waals surface area (Å²) in [5, 5.41) is 7.48. The standard InChI is InChI=1S/C46H60ClN9O12S2/c1-6-28(5)39(53-41(59)35(20-27(3)4)51-42(60)37-26-49-18-19-50-37)43(61)52-36(21-29-14-10-8-11-15-29)45(63)56(38(57)24-32(48)7-2)46(64)44(62)55-70(67,68)34-23-31(47)22-33(25-34)69(65,66)54-40(58)30-16-12-9-13-17-30/h9,12-13,16-19,22-23,25-29,32,35-36,39H,6-8,10-11,14-15,20-21,24,48H2,1-5H3,(H,51,60)(H,52,61)(H,53,59)(H,54,58)(H,55,62)/t28-,32-,35-,36-,39-/m0/s1. The second kappa shape index (κ2) is 25.6. The number of halogens is 1. The maximum absolute atomic E-state index is 14.7. The second-order valence-electron chi connectivity index (χ2n) is 17.5. The number of hydrogen-bond donors (Lipinski definition) is 6. The zero-order valence-corrected chi connectivity index (χ0v) is 41.9. The van der Waals surface area contributed by atoms with E-state index in [1.165, 1.54) is 47.6 Å². The lowest BCUT2D eigenvalue weighted by atomic mass is 9.84. The normalized spacial score (nSPS) is 15.3. The summed E-state index contributed by atoms with van der Waals surface area (Å²) in [6.45, 7) is 8.67. The largest absolute Gasteiger partial charge is 0.342 e. The Labute approximate surface area is 412 Å². The van der Waals surface area contributed by atoms with E-state index in [2.05, 4.69) is 25.9 Å². The van der Waals surface area contributed by atoms with Gasteiger partial charge >= 0.3 is 11.8 Å². The van der Waals surface area contributed by atoms with Crippen molar-refractivity contribution in [2.45, 2.75) is 133 Å². The first-order valence-electron chi connectivity index (χ1n) is 22.8. The molecule has 380 valence electrons. The number of aromatic nitrogens is 2. The number of nitrogens with zero attached hydrogens (tertiary/aromatic N) is 3. The number of carbonyl (C=O) groups excluding carboxylic acids is 8. The van der Waals surface area contributed by atoms with Gasteiger partial charge in [0.25, 0.3) is 37.8 Å². The highest BCUT2D eigenvalue weighted by atomic mass is 35.5. The molecule has 0 bridgehead atoms. The van der Waals surface area contributed by atoms with Gasteiger partial charge in [0.05, 0.1) is 16.0 Å². The highest BCUT2D eigenvalue weighted by Gasteiger charge is 2.42. The van der Waals surface area contributed by atoms with Crippen molar-refractivity contribution in [1.29, 1.82) is 0 Å². The van der Waals surface area contributed by atoms with Gasteiger partial charge in [-0.1, -0.05) is 103 Å². The van der Waals surface area contributed by atoms with E-state index in [1.54, 1.807) is 31.6 Å². The molecule has 70 heavy (non-hydrogen) atoms. The molecule has 0 radical (unpaired) electrons. The van der Waals surface area contributed by atoms with E-state index in [4.69, 9.17) is 17.3 Å². The van der Waals surface area contributed by atoms with Gasteiger partial charge in [-0.2, -0.15) is 0 Å². The van der Waals surface area contributed by atoms with E-state index in [1.807, 2.05) is 13.8 Å². The topological polar surface area (TPSA) is 320 Å². The van der Waals surface area contributed by atoms with Crippen molar-refractivity contribution >= 4 is 78.9 Å². The number of hydrogen-bond acceptors (Lipinski definition) is 15. The highest BCUT2D eigenvalue weighted by molar-refractivity contribution is 7.91. The van der Waals surface area contributed by atoms with Crippen molar-refractivity contribution in [1.82, 2.24) is 40.3 Å². The minimum absolute atomic E-state index is 0.0454. The van der Waals surface area contributed by atoms with E-state index >= 15 is 0 Å². The maximum atomic E-state index is 14.7. The average Bonchev–Trinajstić information content (AvgIpc) is 3.32. The van der Waals surface area contributed by atoms with Gasteiger partial charge in [0.2, 0.25) is 17.7 Å². The van der Waals surface area contributed by atoms with Crippen LogP contribution in [0.5, 0.6) is 0 Å². The van der Waals surface area contributed by atoms with Crippen LogP contribution in [0.1, 0.15) is 120 Å². The van der Waals surface area contributed by atoms with Crippen LogP contribution in [0.2, 0.25) is 5.02 Å². The van der Waals surface area contributed by atoms with Crippen LogP contribution in [-0.4, -0.2) is 103 Å². The maximum Gasteiger partial charge on any atom is 0.326 e. The second-order valence-corrected chi connectivity index (χ2v) is 21.3. The molecule has 24 heteroatoms. The minimum atomic E-state index is -5.24. The fraction of sp³-hybridized carbons (Fsp3) is 0.478. The predicted octanol–water partition coefficient (Wildman–Crippen LogP) is 2.89. The molecule has 0 aliphatic heterocycles. The molecular weight excluding hydrogens is 970 g/mol. The molecule has 1 heterocycles. The zero-order chi connectivity index (χ0) is 51.9. The molecule has 1 aliphatic rings. The summed E-state index contributed by atoms with van der Waals surface area (Å²) in [5.41, 5.74) is 5.95. The summed E-state index contributed by atoms with van der Waals surface area (Å²) in [5.74, 6) is -11.0. The van der Waals surface area contributed by atoms with Crippen molar-refractivity contribution in [3.05, 3.63) is 83.4 Å². The SMILES string of the molecule is CC[C@H](N)CC(=O)N(C(=O)C(=O)NS(=O)(=O)c1cc(Cl)cc(S(=O)(=O)NC(=O)c2ccccc2)c1)C(=O)[C@H](CC1CCCCC1)NC(=O)[C@@H](NC(=O)[C@H](CC(C)C)NC(=O)c1cnccn1)[C@@H](C)CC. The lowest BCUT2D eigenvalue weighted by Gasteiger charge is -2.32. The molecule has 3 aromatic rings. The van der Waals surface area contributed by atoms with Gasteiger partial charge in [0.1, 0.15) is 23.8 Å². The van der Waals surface area contributed by atoms with Gasteiger partial charge in [-0.25, -0.2) is 36.2 Å². The molecule has 1 fully saturated rings. The van der Waals surface area contributed by atoms with Crippen molar-refractivity contribution in [2.75, 3.05) is 0 Å². The van der Waals surface area contributed by atoms with Crippen LogP contribution < -0.4 is 31.1 Å². The molecule has 0 spiro atoms. The first-order valence-corrected chi connectivity index (χ1v) is 26.2. The van der Waals surface area contributed by atoms with Crippen molar-refractivity contribution in [3.63, 3.8) is 0 Å². The number of benzene rings is 2. The van der Waals surface area contributed by atoms with Gasteiger partial charge < -0.3 is 21.7 Å². The summed E-state index contributed by atoms with van der Waals surface area (Å²) < 4.78 is 57.1. The van der Waals surface area contributed by atoms with E-state index in [0.29, 0.717) is 25.3 Å². The molecule has 1 saturated carbocycles. The Hall–Kier alpha value is -6.17. The summed E-state index contributed by atoms with van der Waals surface area (Å²) in [7, 11) is -10.0. The van der Waals surface area contributed by atoms with Crippen LogP contribution in [0, 0.1) is 17.8 Å². The Kier molecular flexibility index (Phi) is 20.6. The predicted molar refractivity (Wildman–Crippen MR) is 255 cm³/mol. The van der Waals surface area contributed by atoms with Crippen LogP contribution in [-0.2, 0) is 48.8 Å². The van der Waals surface area contributed by atoms with Gasteiger partial charge in [-0.15, -0.1) is 0 Å². The highest BCUT2D eigenvalue weighted by Crippen LogP contribution is 2.29. The molecule has 0 saturated heterocycles. The Balaban J connectivity index is 1.67. The number of amides is 8. The number of nitrogens with one attached hydrogen (secondary N) is 5.